The summed E-state index contributed by atoms with van der Waals surface area (Å²) in [6.07, 6.45) is 3.01. The molecule has 0 aliphatic heterocycles. The van der Waals surface area contributed by atoms with Crippen LogP contribution in [0.2, 0.25) is 0 Å². The minimum absolute atomic E-state index is 0.0300. The number of rotatable bonds is 10. The maximum atomic E-state index is 12.4. The van der Waals surface area contributed by atoms with Crippen molar-refractivity contribution >= 4 is 11.5 Å². The van der Waals surface area contributed by atoms with Crippen molar-refractivity contribution in [3.63, 3.8) is 0 Å². The van der Waals surface area contributed by atoms with Crippen molar-refractivity contribution in [2.24, 2.45) is 0 Å². The number of carbonyl (C=O) groups is 1. The second-order valence-corrected chi connectivity index (χ2v) is 7.16. The molecular formula is C25H33NO3. The first-order valence-electron chi connectivity index (χ1n) is 10.4. The number of aliphatic hydroxyl groups excluding tert-OH is 1. The predicted molar refractivity (Wildman–Crippen MR) is 119 cm³/mol. The molecule has 29 heavy (non-hydrogen) atoms. The molecular weight excluding hydrogens is 362 g/mol. The van der Waals surface area contributed by atoms with Crippen LogP contribution in [0, 0.1) is 0 Å². The van der Waals surface area contributed by atoms with E-state index >= 15 is 0 Å². The molecule has 2 aromatic carbocycles. The SMILES string of the molecule is CCN(CC)C(=O)/C=C(\C)c1ccc(OC(C)c2ccccc2)c(CCCO)c1. The zero-order valence-corrected chi connectivity index (χ0v) is 18.0. The Hall–Kier alpha value is -2.59. The van der Waals surface area contributed by atoms with Crippen molar-refractivity contribution in [3.8, 4) is 5.75 Å². The van der Waals surface area contributed by atoms with Crippen LogP contribution in [-0.2, 0) is 11.2 Å². The monoisotopic (exact) mass is 395 g/mol. The number of hydrogen-bond donors (Lipinski definition) is 1. The van der Waals surface area contributed by atoms with Gasteiger partial charge in [0.05, 0.1) is 0 Å². The van der Waals surface area contributed by atoms with Gasteiger partial charge in [0, 0.05) is 25.8 Å². The minimum Gasteiger partial charge on any atom is -0.486 e. The molecule has 2 aromatic rings. The molecule has 0 aromatic heterocycles. The van der Waals surface area contributed by atoms with E-state index in [1.54, 1.807) is 11.0 Å². The van der Waals surface area contributed by atoms with Crippen LogP contribution in [0.5, 0.6) is 5.75 Å². The third-order valence-corrected chi connectivity index (χ3v) is 5.11. The highest BCUT2D eigenvalue weighted by molar-refractivity contribution is 5.94. The molecule has 1 N–H and O–H groups in total. The quantitative estimate of drug-likeness (QED) is 0.575. The average molecular weight is 396 g/mol. The summed E-state index contributed by atoms with van der Waals surface area (Å²) >= 11 is 0. The Balaban J connectivity index is 2.27. The molecule has 0 aliphatic carbocycles. The molecule has 2 rings (SSSR count). The lowest BCUT2D eigenvalue weighted by Crippen LogP contribution is -2.28. The average Bonchev–Trinajstić information content (AvgIpc) is 2.74. The Labute approximate surface area is 174 Å². The second kappa shape index (κ2) is 11.4. The van der Waals surface area contributed by atoms with Gasteiger partial charge in [0.15, 0.2) is 0 Å². The summed E-state index contributed by atoms with van der Waals surface area (Å²) in [7, 11) is 0. The zero-order valence-electron chi connectivity index (χ0n) is 18.0. The third kappa shape index (κ3) is 6.47. The summed E-state index contributed by atoms with van der Waals surface area (Å²) in [6.45, 7) is 9.49. The molecule has 1 amide bonds. The Morgan fingerprint density at radius 2 is 1.83 bits per heavy atom. The summed E-state index contributed by atoms with van der Waals surface area (Å²) < 4.78 is 6.24. The van der Waals surface area contributed by atoms with Crippen LogP contribution in [0.3, 0.4) is 0 Å². The highest BCUT2D eigenvalue weighted by Crippen LogP contribution is 2.29. The van der Waals surface area contributed by atoms with E-state index < -0.39 is 0 Å². The number of carbonyl (C=O) groups excluding carboxylic acids is 1. The van der Waals surface area contributed by atoms with Crippen LogP contribution in [-0.4, -0.2) is 35.6 Å². The van der Waals surface area contributed by atoms with E-state index in [1.807, 2.05) is 58.0 Å². The molecule has 4 heteroatoms. The molecule has 0 heterocycles. The molecule has 1 unspecified atom stereocenters. The Morgan fingerprint density at radius 3 is 2.45 bits per heavy atom. The van der Waals surface area contributed by atoms with E-state index in [4.69, 9.17) is 4.74 Å². The summed E-state index contributed by atoms with van der Waals surface area (Å²) in [6, 6.07) is 16.2. The Kier molecular flexibility index (Phi) is 8.94. The number of benzene rings is 2. The van der Waals surface area contributed by atoms with Gasteiger partial charge in [-0.05, 0) is 74.9 Å². The van der Waals surface area contributed by atoms with Gasteiger partial charge in [-0.15, -0.1) is 0 Å². The molecule has 156 valence electrons. The van der Waals surface area contributed by atoms with Crippen LogP contribution in [0.25, 0.3) is 5.57 Å². The van der Waals surface area contributed by atoms with Gasteiger partial charge in [0.25, 0.3) is 0 Å². The topological polar surface area (TPSA) is 49.8 Å². The number of hydrogen-bond acceptors (Lipinski definition) is 3. The van der Waals surface area contributed by atoms with Crippen molar-refractivity contribution in [1.82, 2.24) is 4.90 Å². The number of allylic oxidation sites excluding steroid dienone is 1. The molecule has 0 saturated carbocycles. The van der Waals surface area contributed by atoms with E-state index in [0.29, 0.717) is 19.5 Å². The van der Waals surface area contributed by atoms with Crippen molar-refractivity contribution in [1.29, 1.82) is 0 Å². The fraction of sp³-hybridized carbons (Fsp3) is 0.400. The largest absolute Gasteiger partial charge is 0.486 e. The van der Waals surface area contributed by atoms with Crippen LogP contribution < -0.4 is 4.74 Å². The normalized spacial score (nSPS) is 12.5. The number of aliphatic hydroxyl groups is 1. The van der Waals surface area contributed by atoms with Crippen molar-refractivity contribution in [2.75, 3.05) is 19.7 Å². The maximum Gasteiger partial charge on any atom is 0.246 e. The van der Waals surface area contributed by atoms with E-state index in [2.05, 4.69) is 18.2 Å². The summed E-state index contributed by atoms with van der Waals surface area (Å²) in [5.41, 5.74) is 4.08. The van der Waals surface area contributed by atoms with E-state index in [0.717, 1.165) is 34.4 Å². The first-order chi connectivity index (χ1) is 14.0. The number of amides is 1. The van der Waals surface area contributed by atoms with E-state index in [9.17, 15) is 9.90 Å². The minimum atomic E-state index is -0.0733. The van der Waals surface area contributed by atoms with Gasteiger partial charge in [-0.25, -0.2) is 0 Å². The lowest BCUT2D eigenvalue weighted by Gasteiger charge is -2.19. The first-order valence-corrected chi connectivity index (χ1v) is 10.4. The van der Waals surface area contributed by atoms with Crippen molar-refractivity contribution in [2.45, 2.75) is 46.6 Å². The van der Waals surface area contributed by atoms with Gasteiger partial charge in [-0.3, -0.25) is 4.79 Å². The predicted octanol–water partition coefficient (Wildman–Crippen LogP) is 5.02. The fourth-order valence-corrected chi connectivity index (χ4v) is 3.28. The first kappa shape index (κ1) is 22.7. The lowest BCUT2D eigenvalue weighted by molar-refractivity contribution is -0.125. The van der Waals surface area contributed by atoms with Crippen LogP contribution in [0.4, 0.5) is 0 Å². The molecule has 0 saturated heterocycles. The van der Waals surface area contributed by atoms with E-state index in [-0.39, 0.29) is 18.6 Å². The number of aryl methyl sites for hydroxylation is 1. The zero-order chi connectivity index (χ0) is 21.2. The van der Waals surface area contributed by atoms with Crippen LogP contribution >= 0.6 is 0 Å². The third-order valence-electron chi connectivity index (χ3n) is 5.11. The number of likely N-dealkylation sites (N-methyl/N-ethyl adjacent to an activating group) is 1. The Bertz CT molecular complexity index is 810. The van der Waals surface area contributed by atoms with Gasteiger partial charge in [-0.1, -0.05) is 36.4 Å². The van der Waals surface area contributed by atoms with Gasteiger partial charge in [-0.2, -0.15) is 0 Å². The van der Waals surface area contributed by atoms with E-state index in [1.165, 1.54) is 0 Å². The summed E-state index contributed by atoms with van der Waals surface area (Å²) in [4.78, 5) is 14.2. The molecule has 0 bridgehead atoms. The molecule has 0 radical (unpaired) electrons. The summed E-state index contributed by atoms with van der Waals surface area (Å²) in [5, 5.41) is 9.29. The molecule has 4 nitrogen and oxygen atoms in total. The van der Waals surface area contributed by atoms with Crippen LogP contribution in [0.1, 0.15) is 56.9 Å². The maximum absolute atomic E-state index is 12.4. The standard InChI is InChI=1S/C25H33NO3/c1-5-26(6-2)25(28)17-19(3)22-14-15-24(23(18-22)13-10-16-27)29-20(4)21-11-8-7-9-12-21/h7-9,11-12,14-15,17-18,20,27H,5-6,10,13,16H2,1-4H3/b19-17+. The lowest BCUT2D eigenvalue weighted by atomic mass is 10.00. The Morgan fingerprint density at radius 1 is 1.14 bits per heavy atom. The van der Waals surface area contributed by atoms with Crippen LogP contribution in [0.15, 0.2) is 54.6 Å². The van der Waals surface area contributed by atoms with Crippen molar-refractivity contribution in [3.05, 3.63) is 71.3 Å². The molecule has 0 aliphatic rings. The van der Waals surface area contributed by atoms with Gasteiger partial charge < -0.3 is 14.7 Å². The summed E-state index contributed by atoms with van der Waals surface area (Å²) in [5.74, 6) is 0.851. The van der Waals surface area contributed by atoms with Gasteiger partial charge in [0.2, 0.25) is 5.91 Å². The molecule has 1 atom stereocenters. The van der Waals surface area contributed by atoms with Gasteiger partial charge in [0.1, 0.15) is 11.9 Å². The van der Waals surface area contributed by atoms with Gasteiger partial charge >= 0.3 is 0 Å². The number of nitrogens with zero attached hydrogens (tertiary/aromatic N) is 1. The highest BCUT2D eigenvalue weighted by atomic mass is 16.5. The highest BCUT2D eigenvalue weighted by Gasteiger charge is 2.13. The number of ether oxygens (including phenoxy) is 1. The smallest absolute Gasteiger partial charge is 0.246 e. The second-order valence-electron chi connectivity index (χ2n) is 7.16. The fourth-order valence-electron chi connectivity index (χ4n) is 3.28. The molecule has 0 fully saturated rings. The molecule has 0 spiro atoms. The van der Waals surface area contributed by atoms with Crippen molar-refractivity contribution < 1.29 is 14.6 Å².